The summed E-state index contributed by atoms with van der Waals surface area (Å²) in [6.07, 6.45) is 2.91. The summed E-state index contributed by atoms with van der Waals surface area (Å²) >= 11 is 0. The Morgan fingerprint density at radius 2 is 1.88 bits per heavy atom. The Kier molecular flexibility index (Phi) is 2.98. The van der Waals surface area contributed by atoms with Crippen LogP contribution in [0.25, 0.3) is 11.3 Å². The van der Waals surface area contributed by atoms with Crippen molar-refractivity contribution in [3.8, 4) is 11.3 Å². The summed E-state index contributed by atoms with van der Waals surface area (Å²) < 4.78 is 23.0. The van der Waals surface area contributed by atoms with Crippen LogP contribution in [-0.2, 0) is 9.84 Å². The first kappa shape index (κ1) is 11.8. The van der Waals surface area contributed by atoms with E-state index in [1.54, 1.807) is 24.4 Å². The molecule has 0 aliphatic rings. The molecule has 0 fully saturated rings. The minimum absolute atomic E-state index is 0.319. The standard InChI is InChI=1S/C13H13NO2S/c1-10-5-4-8-14-13(10)11-6-3-7-12(9-11)17(2,15)16/h3-9H,1-2H3. The molecule has 2 rings (SSSR count). The highest BCUT2D eigenvalue weighted by molar-refractivity contribution is 7.90. The van der Waals surface area contributed by atoms with Gasteiger partial charge in [-0.25, -0.2) is 8.42 Å². The Bertz CT molecular complexity index is 648. The van der Waals surface area contributed by atoms with Crippen LogP contribution in [0.3, 0.4) is 0 Å². The number of aromatic nitrogens is 1. The van der Waals surface area contributed by atoms with Crippen molar-refractivity contribution in [1.82, 2.24) is 4.98 Å². The average molecular weight is 247 g/mol. The summed E-state index contributed by atoms with van der Waals surface area (Å²) in [5, 5.41) is 0. The van der Waals surface area contributed by atoms with Crippen molar-refractivity contribution in [3.05, 3.63) is 48.2 Å². The fourth-order valence-electron chi connectivity index (χ4n) is 1.66. The molecule has 0 aliphatic heterocycles. The summed E-state index contributed by atoms with van der Waals surface area (Å²) in [6, 6.07) is 10.7. The molecule has 0 aliphatic carbocycles. The molecule has 0 saturated heterocycles. The zero-order chi connectivity index (χ0) is 12.5. The molecule has 0 radical (unpaired) electrons. The van der Waals surface area contributed by atoms with Crippen molar-refractivity contribution in [2.24, 2.45) is 0 Å². The van der Waals surface area contributed by atoms with E-state index in [2.05, 4.69) is 4.98 Å². The topological polar surface area (TPSA) is 47.0 Å². The number of rotatable bonds is 2. The predicted octanol–water partition coefficient (Wildman–Crippen LogP) is 2.46. The highest BCUT2D eigenvalue weighted by Gasteiger charge is 2.09. The van der Waals surface area contributed by atoms with E-state index in [1.807, 2.05) is 25.1 Å². The minimum Gasteiger partial charge on any atom is -0.256 e. The summed E-state index contributed by atoms with van der Waals surface area (Å²) in [4.78, 5) is 4.60. The lowest BCUT2D eigenvalue weighted by Crippen LogP contribution is -1.97. The molecule has 0 unspecified atom stereocenters. The fraction of sp³-hybridized carbons (Fsp3) is 0.154. The van der Waals surface area contributed by atoms with Crippen molar-refractivity contribution < 1.29 is 8.42 Å². The quantitative estimate of drug-likeness (QED) is 0.819. The first-order chi connectivity index (χ1) is 7.98. The Morgan fingerprint density at radius 1 is 1.12 bits per heavy atom. The molecule has 1 aromatic carbocycles. The SMILES string of the molecule is Cc1cccnc1-c1cccc(S(C)(=O)=O)c1. The van der Waals surface area contributed by atoms with Gasteiger partial charge in [0.05, 0.1) is 10.6 Å². The molecular formula is C13H13NO2S. The van der Waals surface area contributed by atoms with Crippen LogP contribution in [0.5, 0.6) is 0 Å². The van der Waals surface area contributed by atoms with Gasteiger partial charge in [-0.2, -0.15) is 0 Å². The van der Waals surface area contributed by atoms with Crippen molar-refractivity contribution >= 4 is 9.84 Å². The van der Waals surface area contributed by atoms with E-state index >= 15 is 0 Å². The Morgan fingerprint density at radius 3 is 2.53 bits per heavy atom. The third kappa shape index (κ3) is 2.53. The van der Waals surface area contributed by atoms with Gasteiger partial charge in [-0.05, 0) is 30.7 Å². The number of hydrogen-bond acceptors (Lipinski definition) is 3. The second kappa shape index (κ2) is 4.30. The Labute approximate surface area is 101 Å². The van der Waals surface area contributed by atoms with Gasteiger partial charge < -0.3 is 0 Å². The van der Waals surface area contributed by atoms with Gasteiger partial charge in [0.25, 0.3) is 0 Å². The lowest BCUT2D eigenvalue weighted by molar-refractivity contribution is 0.602. The molecule has 2 aromatic rings. The van der Waals surface area contributed by atoms with E-state index in [4.69, 9.17) is 0 Å². The maximum Gasteiger partial charge on any atom is 0.175 e. The molecule has 0 N–H and O–H groups in total. The van der Waals surface area contributed by atoms with Crippen molar-refractivity contribution in [2.45, 2.75) is 11.8 Å². The minimum atomic E-state index is -3.17. The molecular weight excluding hydrogens is 234 g/mol. The van der Waals surface area contributed by atoms with Crippen molar-refractivity contribution in [3.63, 3.8) is 0 Å². The maximum absolute atomic E-state index is 11.5. The maximum atomic E-state index is 11.5. The molecule has 0 spiro atoms. The summed E-state index contributed by atoms with van der Waals surface area (Å²) in [7, 11) is -3.17. The van der Waals surface area contributed by atoms with E-state index in [9.17, 15) is 8.42 Å². The van der Waals surface area contributed by atoms with Gasteiger partial charge in [-0.1, -0.05) is 18.2 Å². The van der Waals surface area contributed by atoms with Crippen LogP contribution in [0.15, 0.2) is 47.5 Å². The highest BCUT2D eigenvalue weighted by atomic mass is 32.2. The number of nitrogens with zero attached hydrogens (tertiary/aromatic N) is 1. The largest absolute Gasteiger partial charge is 0.256 e. The molecule has 0 bridgehead atoms. The highest BCUT2D eigenvalue weighted by Crippen LogP contribution is 2.23. The van der Waals surface area contributed by atoms with Gasteiger partial charge >= 0.3 is 0 Å². The molecule has 88 valence electrons. The first-order valence-corrected chi connectivity index (χ1v) is 7.10. The number of benzene rings is 1. The summed E-state index contributed by atoms with van der Waals surface area (Å²) in [6.45, 7) is 1.95. The zero-order valence-electron chi connectivity index (χ0n) is 9.71. The number of sulfone groups is 1. The zero-order valence-corrected chi connectivity index (χ0v) is 10.5. The summed E-state index contributed by atoms with van der Waals surface area (Å²) in [5.41, 5.74) is 2.67. The molecule has 17 heavy (non-hydrogen) atoms. The Hall–Kier alpha value is -1.68. The smallest absolute Gasteiger partial charge is 0.175 e. The monoisotopic (exact) mass is 247 g/mol. The van der Waals surface area contributed by atoms with Crippen LogP contribution in [-0.4, -0.2) is 19.7 Å². The number of aryl methyl sites for hydroxylation is 1. The number of hydrogen-bond donors (Lipinski definition) is 0. The van der Waals surface area contributed by atoms with Crippen LogP contribution in [0.1, 0.15) is 5.56 Å². The molecule has 1 aromatic heterocycles. The third-order valence-corrected chi connectivity index (χ3v) is 3.66. The Balaban J connectivity index is 2.59. The molecule has 0 amide bonds. The molecule has 4 heteroatoms. The third-order valence-electron chi connectivity index (χ3n) is 2.55. The van der Waals surface area contributed by atoms with E-state index in [1.165, 1.54) is 6.26 Å². The molecule has 0 saturated carbocycles. The molecule has 0 atom stereocenters. The molecule has 1 heterocycles. The van der Waals surface area contributed by atoms with E-state index in [0.29, 0.717) is 4.90 Å². The first-order valence-electron chi connectivity index (χ1n) is 5.20. The van der Waals surface area contributed by atoms with Gasteiger partial charge in [0.15, 0.2) is 9.84 Å². The van der Waals surface area contributed by atoms with E-state index in [0.717, 1.165) is 16.8 Å². The van der Waals surface area contributed by atoms with Gasteiger partial charge in [-0.3, -0.25) is 4.98 Å². The second-order valence-electron chi connectivity index (χ2n) is 3.97. The normalized spacial score (nSPS) is 11.4. The van der Waals surface area contributed by atoms with Gasteiger partial charge in [0.2, 0.25) is 0 Å². The van der Waals surface area contributed by atoms with Gasteiger partial charge in [0, 0.05) is 18.0 Å². The van der Waals surface area contributed by atoms with E-state index < -0.39 is 9.84 Å². The van der Waals surface area contributed by atoms with E-state index in [-0.39, 0.29) is 0 Å². The van der Waals surface area contributed by atoms with Gasteiger partial charge in [-0.15, -0.1) is 0 Å². The lowest BCUT2D eigenvalue weighted by Gasteiger charge is -2.06. The van der Waals surface area contributed by atoms with Gasteiger partial charge in [0.1, 0.15) is 0 Å². The van der Waals surface area contributed by atoms with Crippen LogP contribution >= 0.6 is 0 Å². The van der Waals surface area contributed by atoms with Crippen molar-refractivity contribution in [2.75, 3.05) is 6.26 Å². The number of pyridine rings is 1. The molecule has 3 nitrogen and oxygen atoms in total. The van der Waals surface area contributed by atoms with Crippen LogP contribution in [0.4, 0.5) is 0 Å². The average Bonchev–Trinajstić information content (AvgIpc) is 2.29. The summed E-state index contributed by atoms with van der Waals surface area (Å²) in [5.74, 6) is 0. The lowest BCUT2D eigenvalue weighted by atomic mass is 10.1. The van der Waals surface area contributed by atoms with Crippen molar-refractivity contribution in [1.29, 1.82) is 0 Å². The van der Waals surface area contributed by atoms with Crippen LogP contribution in [0.2, 0.25) is 0 Å². The second-order valence-corrected chi connectivity index (χ2v) is 5.98. The predicted molar refractivity (Wildman–Crippen MR) is 67.5 cm³/mol. The fourth-order valence-corrected chi connectivity index (χ4v) is 2.33. The van der Waals surface area contributed by atoms with Crippen LogP contribution in [0, 0.1) is 6.92 Å². The van der Waals surface area contributed by atoms with Crippen LogP contribution < -0.4 is 0 Å².